The Morgan fingerprint density at radius 1 is 1.08 bits per heavy atom. The van der Waals surface area contributed by atoms with E-state index in [1.807, 2.05) is 0 Å². The second kappa shape index (κ2) is 6.82. The molecule has 4 bridgehead atoms. The molecule has 6 aliphatic rings. The highest BCUT2D eigenvalue weighted by Gasteiger charge is 2.85. The highest BCUT2D eigenvalue weighted by atomic mass is 16.6. The summed E-state index contributed by atoms with van der Waals surface area (Å²) in [7, 11) is 1.32. The van der Waals surface area contributed by atoms with Crippen molar-refractivity contribution >= 4 is 17.0 Å². The van der Waals surface area contributed by atoms with Gasteiger partial charge in [0.05, 0.1) is 53.9 Å². The standard InChI is InChI=1S/C27H32N2O7/c1-24(2)9-8-17(30)25-11-36-27(34,22(32)19(24)25)26-16(25)7-5-13(21(26)31)18-20(26)29-14-6-4-12(23(33)35-3)10-15(14)28-18/h4,6,10,13,16-17,19,21-22,30-32,34H,5,7-9,11H2,1-3H3/t13-,16?,17-,19?,21+,22-,25+,26?,27-/m0/s1. The summed E-state index contributed by atoms with van der Waals surface area (Å²) >= 11 is 0. The Morgan fingerprint density at radius 2 is 1.86 bits per heavy atom. The van der Waals surface area contributed by atoms with Crippen molar-refractivity contribution in [2.75, 3.05) is 13.7 Å². The fraction of sp³-hybridized carbons (Fsp3) is 0.667. The Morgan fingerprint density at radius 3 is 2.61 bits per heavy atom. The summed E-state index contributed by atoms with van der Waals surface area (Å²) in [5.41, 5.74) is -0.230. The number of benzene rings is 1. The van der Waals surface area contributed by atoms with Crippen LogP contribution in [0.1, 0.15) is 67.2 Å². The molecule has 5 fully saturated rings. The number of carbonyl (C=O) groups is 1. The summed E-state index contributed by atoms with van der Waals surface area (Å²) in [6, 6.07) is 4.90. The Hall–Kier alpha value is -2.17. The zero-order valence-electron chi connectivity index (χ0n) is 20.6. The first-order valence-corrected chi connectivity index (χ1v) is 12.8. The average Bonchev–Trinajstić information content (AvgIpc) is 2.98. The van der Waals surface area contributed by atoms with Gasteiger partial charge in [-0.3, -0.25) is 0 Å². The molecule has 2 aliphatic heterocycles. The lowest BCUT2D eigenvalue weighted by atomic mass is 9.35. The summed E-state index contributed by atoms with van der Waals surface area (Å²) in [4.78, 5) is 21.9. The molecular weight excluding hydrogens is 464 g/mol. The summed E-state index contributed by atoms with van der Waals surface area (Å²) in [5, 5.41) is 47.6. The van der Waals surface area contributed by atoms with Crippen molar-refractivity contribution < 1.29 is 34.7 Å². The monoisotopic (exact) mass is 496 g/mol. The predicted octanol–water partition coefficient (Wildman–Crippen LogP) is 1.40. The van der Waals surface area contributed by atoms with E-state index in [1.165, 1.54) is 7.11 Å². The summed E-state index contributed by atoms with van der Waals surface area (Å²) in [5.74, 6) is -3.70. The van der Waals surface area contributed by atoms with Crippen LogP contribution in [0.25, 0.3) is 11.0 Å². The van der Waals surface area contributed by atoms with E-state index in [-0.39, 0.29) is 17.9 Å². The number of methoxy groups -OCH3 is 1. The zero-order chi connectivity index (χ0) is 25.4. The molecule has 192 valence electrons. The third kappa shape index (κ3) is 2.25. The van der Waals surface area contributed by atoms with Gasteiger partial charge in [0.25, 0.3) is 0 Å². The van der Waals surface area contributed by atoms with E-state index in [4.69, 9.17) is 19.4 Å². The van der Waals surface area contributed by atoms with Gasteiger partial charge >= 0.3 is 5.97 Å². The van der Waals surface area contributed by atoms with Crippen LogP contribution in [0.3, 0.4) is 0 Å². The number of aliphatic hydroxyl groups excluding tert-OH is 3. The molecule has 9 heteroatoms. The molecule has 9 atom stereocenters. The lowest BCUT2D eigenvalue weighted by Crippen LogP contribution is -2.86. The number of carbonyl (C=O) groups excluding carboxylic acids is 1. The average molecular weight is 497 g/mol. The molecule has 36 heavy (non-hydrogen) atoms. The van der Waals surface area contributed by atoms with E-state index >= 15 is 0 Å². The van der Waals surface area contributed by atoms with Crippen LogP contribution in [0.15, 0.2) is 18.2 Å². The molecule has 2 aromatic rings. The largest absolute Gasteiger partial charge is 0.465 e. The summed E-state index contributed by atoms with van der Waals surface area (Å²) in [6.07, 6.45) is -0.583. The topological polar surface area (TPSA) is 142 Å². The summed E-state index contributed by atoms with van der Waals surface area (Å²) in [6.45, 7) is 4.29. The molecule has 4 aliphatic carbocycles. The van der Waals surface area contributed by atoms with Crippen LogP contribution in [0.5, 0.6) is 0 Å². The number of aliphatic hydroxyl groups is 4. The van der Waals surface area contributed by atoms with Crippen LogP contribution in [0, 0.1) is 22.7 Å². The van der Waals surface area contributed by atoms with Crippen molar-refractivity contribution in [1.29, 1.82) is 0 Å². The third-order valence-corrected chi connectivity index (χ3v) is 10.6. The number of nitrogens with zero attached hydrogens (tertiary/aromatic N) is 2. The molecule has 1 aromatic carbocycles. The molecule has 1 aromatic heterocycles. The van der Waals surface area contributed by atoms with Crippen LogP contribution in [0.2, 0.25) is 0 Å². The van der Waals surface area contributed by atoms with Crippen molar-refractivity contribution in [2.45, 2.75) is 75.0 Å². The van der Waals surface area contributed by atoms with Crippen LogP contribution in [-0.2, 0) is 14.9 Å². The zero-order valence-corrected chi connectivity index (χ0v) is 20.6. The first-order chi connectivity index (χ1) is 17.0. The van der Waals surface area contributed by atoms with Crippen molar-refractivity contribution in [3.63, 3.8) is 0 Å². The smallest absolute Gasteiger partial charge is 0.337 e. The minimum absolute atomic E-state index is 0.123. The molecule has 4 N–H and O–H groups in total. The SMILES string of the molecule is COC(=O)c1ccc2nc3c(nc2c1)[C@@H]1CCC2C3([C@@H]1O)[C@@]1(O)OC[C@@]23C([C@@H]1O)C(C)(C)CC[C@@H]3O. The van der Waals surface area contributed by atoms with Gasteiger partial charge < -0.3 is 29.9 Å². The molecule has 3 heterocycles. The van der Waals surface area contributed by atoms with Crippen molar-refractivity contribution in [2.24, 2.45) is 22.7 Å². The second-order valence-corrected chi connectivity index (χ2v) is 12.3. The Bertz CT molecular complexity index is 1310. The van der Waals surface area contributed by atoms with Gasteiger partial charge in [0.2, 0.25) is 5.79 Å². The molecular formula is C27H32N2O7. The van der Waals surface area contributed by atoms with Crippen molar-refractivity contribution in [3.05, 3.63) is 35.2 Å². The molecule has 9 nitrogen and oxygen atoms in total. The maximum atomic E-state index is 12.3. The molecule has 3 unspecified atom stereocenters. The van der Waals surface area contributed by atoms with Crippen LogP contribution >= 0.6 is 0 Å². The lowest BCUT2D eigenvalue weighted by molar-refractivity contribution is -0.449. The maximum absolute atomic E-state index is 12.3. The molecule has 8 rings (SSSR count). The van der Waals surface area contributed by atoms with E-state index < -0.39 is 52.7 Å². The van der Waals surface area contributed by atoms with Gasteiger partial charge in [-0.15, -0.1) is 0 Å². The van der Waals surface area contributed by atoms with Gasteiger partial charge in [-0.05, 0) is 55.2 Å². The third-order valence-electron chi connectivity index (χ3n) is 10.6. The molecule has 0 radical (unpaired) electrons. The van der Waals surface area contributed by atoms with E-state index in [9.17, 15) is 25.2 Å². The summed E-state index contributed by atoms with van der Waals surface area (Å²) < 4.78 is 11.0. The van der Waals surface area contributed by atoms with E-state index in [2.05, 4.69) is 13.8 Å². The van der Waals surface area contributed by atoms with Gasteiger partial charge in [0.1, 0.15) is 11.5 Å². The first-order valence-electron chi connectivity index (χ1n) is 12.8. The first kappa shape index (κ1) is 23.0. The van der Waals surface area contributed by atoms with Crippen molar-refractivity contribution in [3.8, 4) is 0 Å². The molecule has 3 saturated carbocycles. The van der Waals surface area contributed by atoms with Gasteiger partial charge in [-0.25, -0.2) is 14.8 Å². The molecule has 2 spiro atoms. The normalized spacial score (nSPS) is 45.6. The van der Waals surface area contributed by atoms with E-state index in [0.29, 0.717) is 47.2 Å². The Kier molecular flexibility index (Phi) is 4.35. The fourth-order valence-corrected chi connectivity index (χ4v) is 9.28. The highest BCUT2D eigenvalue weighted by molar-refractivity contribution is 5.93. The van der Waals surface area contributed by atoms with Crippen molar-refractivity contribution in [1.82, 2.24) is 9.97 Å². The number of hydrogen-bond acceptors (Lipinski definition) is 9. The second-order valence-electron chi connectivity index (χ2n) is 12.3. The number of esters is 1. The van der Waals surface area contributed by atoms with Gasteiger partial charge in [-0.1, -0.05) is 13.8 Å². The van der Waals surface area contributed by atoms with Gasteiger partial charge in [-0.2, -0.15) is 0 Å². The highest BCUT2D eigenvalue weighted by Crippen LogP contribution is 2.76. The molecule has 0 amide bonds. The Labute approximate surface area is 208 Å². The number of fused-ring (bicyclic) bond motifs is 5. The van der Waals surface area contributed by atoms with Crippen LogP contribution < -0.4 is 0 Å². The fourth-order valence-electron chi connectivity index (χ4n) is 9.28. The maximum Gasteiger partial charge on any atom is 0.337 e. The number of hydrogen-bond donors (Lipinski definition) is 4. The number of ether oxygens (including phenoxy) is 2. The number of rotatable bonds is 1. The van der Waals surface area contributed by atoms with E-state index in [0.717, 1.165) is 6.42 Å². The Balaban J connectivity index is 1.50. The minimum atomic E-state index is -2.07. The van der Waals surface area contributed by atoms with Crippen LogP contribution in [-0.4, -0.2) is 74.2 Å². The lowest BCUT2D eigenvalue weighted by Gasteiger charge is -2.75. The van der Waals surface area contributed by atoms with E-state index in [1.54, 1.807) is 18.2 Å². The van der Waals surface area contributed by atoms with Gasteiger partial charge in [0, 0.05) is 17.3 Å². The minimum Gasteiger partial charge on any atom is -0.465 e. The van der Waals surface area contributed by atoms with Gasteiger partial charge in [0.15, 0.2) is 0 Å². The number of aromatic nitrogens is 2. The van der Waals surface area contributed by atoms with Crippen LogP contribution in [0.4, 0.5) is 0 Å². The quantitative estimate of drug-likeness (QED) is 0.431. The predicted molar refractivity (Wildman–Crippen MR) is 126 cm³/mol. The molecule has 2 saturated heterocycles.